The Hall–Kier alpha value is -2.18. The number of aromatic nitrogens is 1. The Morgan fingerprint density at radius 2 is 1.82 bits per heavy atom. The van der Waals surface area contributed by atoms with Crippen LogP contribution in [0, 0.1) is 0 Å². The molecule has 0 saturated heterocycles. The first-order valence-corrected chi connectivity index (χ1v) is 12.9. The fourth-order valence-electron chi connectivity index (χ4n) is 4.73. The van der Waals surface area contributed by atoms with Gasteiger partial charge >= 0.3 is 0 Å². The molecule has 1 heterocycles. The number of hydrogen-bond donors (Lipinski definition) is 1. The summed E-state index contributed by atoms with van der Waals surface area (Å²) in [6.45, 7) is 3.68. The van der Waals surface area contributed by atoms with E-state index in [-0.39, 0.29) is 0 Å². The molecule has 1 aromatic heterocycles. The van der Waals surface area contributed by atoms with Crippen molar-refractivity contribution in [2.75, 3.05) is 20.1 Å². The van der Waals surface area contributed by atoms with Crippen LogP contribution in [-0.4, -0.2) is 34.3 Å². The molecule has 0 radical (unpaired) electrons. The fraction of sp³-hybridized carbons (Fsp3) is 0.393. The van der Waals surface area contributed by atoms with E-state index in [1.165, 1.54) is 40.1 Å². The molecular weight excluding hydrogens is 424 g/mol. The van der Waals surface area contributed by atoms with Crippen molar-refractivity contribution in [1.82, 2.24) is 14.2 Å². The predicted molar refractivity (Wildman–Crippen MR) is 139 cm³/mol. The summed E-state index contributed by atoms with van der Waals surface area (Å²) in [7, 11) is 2.16. The van der Waals surface area contributed by atoms with Crippen LogP contribution < -0.4 is 5.73 Å². The highest BCUT2D eigenvalue weighted by Crippen LogP contribution is 2.34. The van der Waals surface area contributed by atoms with Gasteiger partial charge in [-0.3, -0.25) is 9.88 Å². The van der Waals surface area contributed by atoms with E-state index in [9.17, 15) is 0 Å². The molecule has 4 nitrogen and oxygen atoms in total. The molecule has 174 valence electrons. The lowest BCUT2D eigenvalue weighted by Gasteiger charge is -2.35. The molecule has 5 heteroatoms. The van der Waals surface area contributed by atoms with Gasteiger partial charge in [0.15, 0.2) is 0 Å². The Bertz CT molecular complexity index is 994. The van der Waals surface area contributed by atoms with Crippen LogP contribution in [0.5, 0.6) is 0 Å². The van der Waals surface area contributed by atoms with Crippen molar-refractivity contribution >= 4 is 11.9 Å². The van der Waals surface area contributed by atoms with E-state index in [0.29, 0.717) is 6.04 Å². The third-order valence-electron chi connectivity index (χ3n) is 6.30. The molecule has 2 aromatic carbocycles. The van der Waals surface area contributed by atoms with Crippen LogP contribution in [0.4, 0.5) is 0 Å². The van der Waals surface area contributed by atoms with E-state index in [1.54, 1.807) is 0 Å². The molecule has 0 spiro atoms. The number of hydrogen-bond acceptors (Lipinski definition) is 5. The van der Waals surface area contributed by atoms with E-state index in [1.807, 2.05) is 18.1 Å². The molecule has 0 saturated carbocycles. The van der Waals surface area contributed by atoms with Crippen molar-refractivity contribution in [3.05, 3.63) is 95.3 Å². The summed E-state index contributed by atoms with van der Waals surface area (Å²) in [6.07, 6.45) is 7.71. The number of benzene rings is 2. The van der Waals surface area contributed by atoms with Crippen molar-refractivity contribution in [2.24, 2.45) is 5.73 Å². The number of pyridine rings is 1. The Morgan fingerprint density at radius 3 is 2.67 bits per heavy atom. The Balaban J connectivity index is 1.46. The molecule has 1 aliphatic carbocycles. The minimum atomic E-state index is 0.393. The summed E-state index contributed by atoms with van der Waals surface area (Å²) in [6, 6.07) is 24.4. The zero-order valence-corrected chi connectivity index (χ0v) is 20.5. The van der Waals surface area contributed by atoms with Gasteiger partial charge in [-0.05, 0) is 99.1 Å². The minimum Gasteiger partial charge on any atom is -0.330 e. The van der Waals surface area contributed by atoms with E-state index in [0.717, 1.165) is 45.4 Å². The van der Waals surface area contributed by atoms with Gasteiger partial charge in [0.25, 0.3) is 0 Å². The average Bonchev–Trinajstić information content (AvgIpc) is 2.84. The summed E-state index contributed by atoms with van der Waals surface area (Å²) < 4.78 is 2.30. The standard InChI is InChI=1S/C28H36N4S/c1-31(21-23-10-3-2-4-11-23)33-26-15-7-12-24(20-26)22-32(19-6-5-17-29)27-16-8-13-25-14-9-18-30-28(25)27/h2-4,7,9-12,14-15,18,20,27H,5-6,8,13,16-17,19,21-22,29H2,1H3. The SMILES string of the molecule is CN(Cc1ccccc1)Sc1cccc(CN(CCCCN)C2CCCc3cccnc32)c1. The molecule has 1 atom stereocenters. The number of nitrogens with zero attached hydrogens (tertiary/aromatic N) is 3. The largest absolute Gasteiger partial charge is 0.330 e. The van der Waals surface area contributed by atoms with Gasteiger partial charge in [0.2, 0.25) is 0 Å². The number of fused-ring (bicyclic) bond motifs is 1. The van der Waals surface area contributed by atoms with Crippen molar-refractivity contribution < 1.29 is 0 Å². The Labute approximate surface area is 203 Å². The number of aryl methyl sites for hydroxylation is 1. The van der Waals surface area contributed by atoms with Gasteiger partial charge in [0, 0.05) is 24.2 Å². The van der Waals surface area contributed by atoms with Gasteiger partial charge in [0.05, 0.1) is 11.7 Å². The van der Waals surface area contributed by atoms with Crippen molar-refractivity contribution in [3.63, 3.8) is 0 Å². The van der Waals surface area contributed by atoms with E-state index in [4.69, 9.17) is 10.7 Å². The second-order valence-corrected chi connectivity index (χ2v) is 10.2. The number of nitrogens with two attached hydrogens (primary N) is 1. The molecule has 0 fully saturated rings. The summed E-state index contributed by atoms with van der Waals surface area (Å²) in [5, 5.41) is 0. The first-order valence-electron chi connectivity index (χ1n) is 12.1. The van der Waals surface area contributed by atoms with E-state index < -0.39 is 0 Å². The first-order chi connectivity index (χ1) is 16.2. The first kappa shape index (κ1) is 24.0. The zero-order chi connectivity index (χ0) is 22.9. The van der Waals surface area contributed by atoms with Crippen molar-refractivity contribution in [2.45, 2.75) is 56.1 Å². The summed E-state index contributed by atoms with van der Waals surface area (Å²) in [5.74, 6) is 0. The number of unbranched alkanes of at least 4 members (excludes halogenated alkanes) is 1. The molecule has 1 aliphatic rings. The van der Waals surface area contributed by atoms with Gasteiger partial charge in [-0.1, -0.05) is 48.5 Å². The van der Waals surface area contributed by atoms with Crippen LogP contribution in [0.15, 0.2) is 77.8 Å². The van der Waals surface area contributed by atoms with Gasteiger partial charge in [-0.2, -0.15) is 0 Å². The quantitative estimate of drug-likeness (QED) is 0.288. The highest BCUT2D eigenvalue weighted by atomic mass is 32.2. The lowest BCUT2D eigenvalue weighted by Crippen LogP contribution is -2.32. The normalized spacial score (nSPS) is 15.7. The minimum absolute atomic E-state index is 0.393. The third-order valence-corrected chi connectivity index (χ3v) is 7.20. The van der Waals surface area contributed by atoms with Crippen molar-refractivity contribution in [1.29, 1.82) is 0 Å². The molecule has 33 heavy (non-hydrogen) atoms. The summed E-state index contributed by atoms with van der Waals surface area (Å²) in [4.78, 5) is 8.74. The van der Waals surface area contributed by atoms with Crippen LogP contribution in [0.3, 0.4) is 0 Å². The molecule has 2 N–H and O–H groups in total. The van der Waals surface area contributed by atoms with Crippen LogP contribution in [0.25, 0.3) is 0 Å². The van der Waals surface area contributed by atoms with E-state index >= 15 is 0 Å². The Kier molecular flexibility index (Phi) is 8.95. The fourth-order valence-corrected chi connectivity index (χ4v) is 5.65. The molecule has 4 rings (SSSR count). The van der Waals surface area contributed by atoms with Gasteiger partial charge in [-0.25, -0.2) is 4.31 Å². The predicted octanol–water partition coefficient (Wildman–Crippen LogP) is 5.84. The topological polar surface area (TPSA) is 45.4 Å². The van der Waals surface area contributed by atoms with Gasteiger partial charge < -0.3 is 5.73 Å². The van der Waals surface area contributed by atoms with Crippen LogP contribution in [-0.2, 0) is 19.5 Å². The number of rotatable bonds is 11. The molecule has 0 aliphatic heterocycles. The molecule has 1 unspecified atom stereocenters. The van der Waals surface area contributed by atoms with Crippen LogP contribution in [0.2, 0.25) is 0 Å². The maximum Gasteiger partial charge on any atom is 0.0607 e. The van der Waals surface area contributed by atoms with E-state index in [2.05, 4.69) is 83.0 Å². The summed E-state index contributed by atoms with van der Waals surface area (Å²) >= 11 is 1.81. The lowest BCUT2D eigenvalue weighted by atomic mass is 9.90. The second kappa shape index (κ2) is 12.3. The third kappa shape index (κ3) is 6.90. The highest BCUT2D eigenvalue weighted by Gasteiger charge is 2.27. The smallest absolute Gasteiger partial charge is 0.0607 e. The molecule has 3 aromatic rings. The summed E-state index contributed by atoms with van der Waals surface area (Å²) in [5.41, 5.74) is 11.2. The molecular formula is C28H36N4S. The van der Waals surface area contributed by atoms with Gasteiger partial charge in [0.1, 0.15) is 0 Å². The Morgan fingerprint density at radius 1 is 0.970 bits per heavy atom. The maximum absolute atomic E-state index is 5.81. The second-order valence-electron chi connectivity index (χ2n) is 8.93. The van der Waals surface area contributed by atoms with Crippen LogP contribution in [0.1, 0.15) is 54.1 Å². The zero-order valence-electron chi connectivity index (χ0n) is 19.7. The molecule has 0 amide bonds. The average molecular weight is 461 g/mol. The monoisotopic (exact) mass is 460 g/mol. The van der Waals surface area contributed by atoms with Gasteiger partial charge in [-0.15, -0.1) is 0 Å². The maximum atomic E-state index is 5.81. The van der Waals surface area contributed by atoms with Crippen LogP contribution >= 0.6 is 11.9 Å². The molecule has 0 bridgehead atoms. The highest BCUT2D eigenvalue weighted by molar-refractivity contribution is 7.97. The lowest BCUT2D eigenvalue weighted by molar-refractivity contribution is 0.163. The van der Waals surface area contributed by atoms with Crippen molar-refractivity contribution in [3.8, 4) is 0 Å².